The summed E-state index contributed by atoms with van der Waals surface area (Å²) >= 11 is 4.78. The quantitative estimate of drug-likeness (QED) is 0.858. The number of nitrogens with zero attached hydrogens (tertiary/aromatic N) is 1. The van der Waals surface area contributed by atoms with Gasteiger partial charge in [0.15, 0.2) is 0 Å². The summed E-state index contributed by atoms with van der Waals surface area (Å²) in [5, 5.41) is 3.59. The number of rotatable bonds is 5. The van der Waals surface area contributed by atoms with E-state index in [0.717, 1.165) is 15.3 Å². The second kappa shape index (κ2) is 6.61. The van der Waals surface area contributed by atoms with Crippen molar-refractivity contribution < 1.29 is 9.21 Å². The zero-order chi connectivity index (χ0) is 12.8. The van der Waals surface area contributed by atoms with Crippen LogP contribution in [-0.2, 0) is 11.3 Å². The van der Waals surface area contributed by atoms with E-state index >= 15 is 0 Å². The Labute approximate surface area is 117 Å². The van der Waals surface area contributed by atoms with Crippen LogP contribution in [0, 0.1) is 0 Å². The van der Waals surface area contributed by atoms with E-state index in [1.165, 1.54) is 11.8 Å². The Morgan fingerprint density at radius 2 is 2.33 bits per heavy atom. The summed E-state index contributed by atoms with van der Waals surface area (Å²) < 4.78 is 6.02. The average molecular weight is 327 g/mol. The molecule has 2 heterocycles. The van der Waals surface area contributed by atoms with Gasteiger partial charge in [-0.1, -0.05) is 11.8 Å². The molecule has 6 heteroatoms. The fraction of sp³-hybridized carbons (Fsp3) is 0.167. The predicted octanol–water partition coefficient (Wildman–Crippen LogP) is 2.85. The Morgan fingerprint density at radius 1 is 1.44 bits per heavy atom. The molecule has 0 bridgehead atoms. The van der Waals surface area contributed by atoms with Gasteiger partial charge in [-0.25, -0.2) is 4.98 Å². The Bertz CT molecular complexity index is 517. The van der Waals surface area contributed by atoms with Gasteiger partial charge in [-0.2, -0.15) is 0 Å². The summed E-state index contributed by atoms with van der Waals surface area (Å²) in [6.45, 7) is 0.412. The average Bonchev–Trinajstić information content (AvgIpc) is 2.88. The molecule has 18 heavy (non-hydrogen) atoms. The number of thioether (sulfide) groups is 1. The first-order valence-corrected chi connectivity index (χ1v) is 7.06. The number of nitrogens with one attached hydrogen (secondary N) is 1. The van der Waals surface area contributed by atoms with Crippen LogP contribution in [0.2, 0.25) is 0 Å². The first-order chi connectivity index (χ1) is 8.75. The van der Waals surface area contributed by atoms with Crippen LogP contribution in [0.5, 0.6) is 0 Å². The molecule has 0 saturated heterocycles. The number of carbonyl (C=O) groups is 1. The zero-order valence-corrected chi connectivity index (χ0v) is 11.8. The zero-order valence-electron chi connectivity index (χ0n) is 9.43. The number of carbonyl (C=O) groups excluding carboxylic acids is 1. The van der Waals surface area contributed by atoms with E-state index in [1.54, 1.807) is 18.5 Å². The molecule has 94 valence electrons. The van der Waals surface area contributed by atoms with E-state index in [2.05, 4.69) is 26.2 Å². The number of hydrogen-bond acceptors (Lipinski definition) is 4. The van der Waals surface area contributed by atoms with Crippen molar-refractivity contribution in [2.45, 2.75) is 11.6 Å². The molecular weight excluding hydrogens is 316 g/mol. The first-order valence-electron chi connectivity index (χ1n) is 5.28. The number of pyridine rings is 1. The van der Waals surface area contributed by atoms with Crippen LogP contribution in [0.4, 0.5) is 0 Å². The Hall–Kier alpha value is -1.27. The van der Waals surface area contributed by atoms with E-state index in [-0.39, 0.29) is 5.91 Å². The van der Waals surface area contributed by atoms with Crippen molar-refractivity contribution in [1.82, 2.24) is 10.3 Å². The summed E-state index contributed by atoms with van der Waals surface area (Å²) in [6.07, 6.45) is 3.29. The summed E-state index contributed by atoms with van der Waals surface area (Å²) in [5.41, 5.74) is 0. The Kier molecular flexibility index (Phi) is 4.83. The molecule has 1 N–H and O–H groups in total. The minimum absolute atomic E-state index is 0.0473. The fourth-order valence-corrected chi connectivity index (χ4v) is 2.57. The molecule has 0 aliphatic rings. The fourth-order valence-electron chi connectivity index (χ4n) is 1.26. The van der Waals surface area contributed by atoms with Gasteiger partial charge < -0.3 is 9.73 Å². The molecule has 0 fully saturated rings. The predicted molar refractivity (Wildman–Crippen MR) is 73.2 cm³/mol. The number of aromatic nitrogens is 1. The van der Waals surface area contributed by atoms with E-state index < -0.39 is 0 Å². The van der Waals surface area contributed by atoms with Gasteiger partial charge in [-0.3, -0.25) is 4.79 Å². The van der Waals surface area contributed by atoms with E-state index in [4.69, 9.17) is 4.42 Å². The minimum Gasteiger partial charge on any atom is -0.467 e. The largest absolute Gasteiger partial charge is 0.467 e. The molecule has 0 saturated carbocycles. The molecule has 0 unspecified atom stereocenters. The van der Waals surface area contributed by atoms with Gasteiger partial charge in [-0.05, 0) is 40.2 Å². The van der Waals surface area contributed by atoms with Gasteiger partial charge >= 0.3 is 0 Å². The Balaban J connectivity index is 1.77. The van der Waals surface area contributed by atoms with E-state index in [0.29, 0.717) is 12.3 Å². The minimum atomic E-state index is -0.0473. The summed E-state index contributed by atoms with van der Waals surface area (Å²) in [6, 6.07) is 7.35. The third kappa shape index (κ3) is 3.89. The maximum absolute atomic E-state index is 11.6. The van der Waals surface area contributed by atoms with Crippen molar-refractivity contribution in [2.75, 3.05) is 5.75 Å². The Morgan fingerprint density at radius 3 is 3.06 bits per heavy atom. The molecule has 0 radical (unpaired) electrons. The topological polar surface area (TPSA) is 55.1 Å². The van der Waals surface area contributed by atoms with Gasteiger partial charge in [0, 0.05) is 10.7 Å². The lowest BCUT2D eigenvalue weighted by Crippen LogP contribution is -2.24. The molecule has 0 atom stereocenters. The molecule has 2 aromatic rings. The molecule has 0 aromatic carbocycles. The van der Waals surface area contributed by atoms with Gasteiger partial charge in [-0.15, -0.1) is 0 Å². The third-order valence-corrected chi connectivity index (χ3v) is 4.01. The summed E-state index contributed by atoms with van der Waals surface area (Å²) in [4.78, 5) is 15.8. The lowest BCUT2D eigenvalue weighted by molar-refractivity contribution is -0.118. The highest BCUT2D eigenvalue weighted by Crippen LogP contribution is 2.24. The highest BCUT2D eigenvalue weighted by atomic mass is 79.9. The van der Waals surface area contributed by atoms with Gasteiger partial charge in [0.1, 0.15) is 10.8 Å². The van der Waals surface area contributed by atoms with Crippen LogP contribution in [0.25, 0.3) is 0 Å². The van der Waals surface area contributed by atoms with Crippen molar-refractivity contribution in [3.8, 4) is 0 Å². The number of halogens is 1. The second-order valence-corrected chi connectivity index (χ2v) is 5.25. The van der Waals surface area contributed by atoms with Crippen LogP contribution >= 0.6 is 27.7 Å². The number of furan rings is 1. The molecule has 0 aliphatic carbocycles. The van der Waals surface area contributed by atoms with Gasteiger partial charge in [0.2, 0.25) is 5.91 Å². The third-order valence-electron chi connectivity index (χ3n) is 2.10. The van der Waals surface area contributed by atoms with Crippen molar-refractivity contribution >= 4 is 33.6 Å². The van der Waals surface area contributed by atoms with Crippen LogP contribution in [-0.4, -0.2) is 16.6 Å². The molecule has 0 aliphatic heterocycles. The molecule has 4 nitrogen and oxygen atoms in total. The molecule has 1 amide bonds. The molecular formula is C12H11BrN2O2S. The molecule has 2 rings (SSSR count). The number of amides is 1. The van der Waals surface area contributed by atoms with Crippen LogP contribution in [0.3, 0.4) is 0 Å². The normalized spacial score (nSPS) is 10.3. The van der Waals surface area contributed by atoms with E-state index in [1.807, 2.05) is 18.2 Å². The number of hydrogen-bond donors (Lipinski definition) is 1. The highest BCUT2D eigenvalue weighted by Gasteiger charge is 2.06. The molecule has 2 aromatic heterocycles. The van der Waals surface area contributed by atoms with Crippen molar-refractivity contribution in [3.63, 3.8) is 0 Å². The van der Waals surface area contributed by atoms with Gasteiger partial charge in [0.05, 0.1) is 18.6 Å². The van der Waals surface area contributed by atoms with Crippen molar-refractivity contribution in [3.05, 3.63) is 47.0 Å². The smallest absolute Gasteiger partial charge is 0.230 e. The lowest BCUT2D eigenvalue weighted by Gasteiger charge is -2.04. The van der Waals surface area contributed by atoms with Gasteiger partial charge in [0.25, 0.3) is 0 Å². The lowest BCUT2D eigenvalue weighted by atomic mass is 10.4. The highest BCUT2D eigenvalue weighted by molar-refractivity contribution is 9.10. The van der Waals surface area contributed by atoms with Crippen LogP contribution < -0.4 is 5.32 Å². The first kappa shape index (κ1) is 13.2. The monoisotopic (exact) mass is 326 g/mol. The maximum atomic E-state index is 11.6. The summed E-state index contributed by atoms with van der Waals surface area (Å²) in [5.74, 6) is 1.03. The van der Waals surface area contributed by atoms with Crippen LogP contribution in [0.1, 0.15) is 5.76 Å². The maximum Gasteiger partial charge on any atom is 0.230 e. The standard InChI is InChI=1S/C12H11BrN2O2S/c13-10-4-1-5-14-12(10)18-8-11(16)15-7-9-3-2-6-17-9/h1-6H,7-8H2,(H,15,16). The van der Waals surface area contributed by atoms with Crippen molar-refractivity contribution in [1.29, 1.82) is 0 Å². The van der Waals surface area contributed by atoms with Crippen LogP contribution in [0.15, 0.2) is 50.6 Å². The second-order valence-electron chi connectivity index (χ2n) is 3.44. The SMILES string of the molecule is O=C(CSc1ncccc1Br)NCc1ccco1. The van der Waals surface area contributed by atoms with Crippen molar-refractivity contribution in [2.24, 2.45) is 0 Å². The van der Waals surface area contributed by atoms with E-state index in [9.17, 15) is 4.79 Å². The molecule has 0 spiro atoms. The summed E-state index contributed by atoms with van der Waals surface area (Å²) in [7, 11) is 0.